The molecule has 0 unspecified atom stereocenters. The molecule has 0 bridgehead atoms. The van der Waals surface area contributed by atoms with Crippen LogP contribution in [0.15, 0.2) is 84.9 Å². The van der Waals surface area contributed by atoms with Crippen LogP contribution in [0.3, 0.4) is 0 Å². The van der Waals surface area contributed by atoms with Gasteiger partial charge in [-0.15, -0.1) is 0 Å². The lowest BCUT2D eigenvalue weighted by molar-refractivity contribution is 1.32. The van der Waals surface area contributed by atoms with E-state index in [2.05, 4.69) is 26.9 Å². The highest BCUT2D eigenvalue weighted by Crippen LogP contribution is 2.31. The molecule has 0 saturated carbocycles. The summed E-state index contributed by atoms with van der Waals surface area (Å²) in [6.07, 6.45) is 0. The average Bonchev–Trinajstić information content (AvgIpc) is 3.46. The predicted molar refractivity (Wildman–Crippen MR) is 115 cm³/mol. The topological polar surface area (TPSA) is 51.6 Å². The summed E-state index contributed by atoms with van der Waals surface area (Å²) in [7, 11) is 0. The molecule has 0 N–H and O–H groups in total. The molecule has 3 aromatic carbocycles. The van der Waals surface area contributed by atoms with Gasteiger partial charge >= 0.3 is 0 Å². The van der Waals surface area contributed by atoms with Gasteiger partial charge in [0.15, 0.2) is 11.6 Å². The van der Waals surface area contributed by atoms with Crippen molar-refractivity contribution in [3.8, 4) is 43.9 Å². The molecule has 5 aromatic rings. The van der Waals surface area contributed by atoms with E-state index in [-0.39, 0.29) is 0 Å². The molecule has 0 atom stereocenters. The van der Waals surface area contributed by atoms with E-state index in [1.807, 2.05) is 66.7 Å². The zero-order chi connectivity index (χ0) is 18.8. The van der Waals surface area contributed by atoms with Crippen molar-refractivity contribution in [2.24, 2.45) is 0 Å². The summed E-state index contributed by atoms with van der Waals surface area (Å²) >= 11 is 2.82. The molecule has 0 spiro atoms. The number of nitrogens with zero attached hydrogens (tertiary/aromatic N) is 4. The molecule has 0 aliphatic heterocycles. The van der Waals surface area contributed by atoms with E-state index in [0.717, 1.165) is 43.9 Å². The Bertz CT molecular complexity index is 1120. The summed E-state index contributed by atoms with van der Waals surface area (Å²) in [5.74, 6) is 1.52. The van der Waals surface area contributed by atoms with Crippen molar-refractivity contribution in [2.45, 2.75) is 0 Å². The average molecular weight is 399 g/mol. The summed E-state index contributed by atoms with van der Waals surface area (Å²) in [6, 6.07) is 28.3. The van der Waals surface area contributed by atoms with E-state index in [0.29, 0.717) is 0 Å². The van der Waals surface area contributed by atoms with Gasteiger partial charge in [0.1, 0.15) is 10.0 Å². The van der Waals surface area contributed by atoms with Gasteiger partial charge in [0.25, 0.3) is 0 Å². The molecule has 0 radical (unpaired) electrons. The largest absolute Gasteiger partial charge is 0.215 e. The number of rotatable bonds is 4. The summed E-state index contributed by atoms with van der Waals surface area (Å²) in [5.41, 5.74) is 4.12. The van der Waals surface area contributed by atoms with Gasteiger partial charge < -0.3 is 0 Å². The van der Waals surface area contributed by atoms with Gasteiger partial charge in [0.05, 0.1) is 0 Å². The summed E-state index contributed by atoms with van der Waals surface area (Å²) < 4.78 is 9.03. The number of aromatic nitrogens is 4. The van der Waals surface area contributed by atoms with E-state index in [4.69, 9.17) is 9.97 Å². The molecule has 134 valence electrons. The lowest BCUT2D eigenvalue weighted by Crippen LogP contribution is -1.83. The van der Waals surface area contributed by atoms with Crippen LogP contribution in [0.25, 0.3) is 43.9 Å². The quantitative estimate of drug-likeness (QED) is 0.369. The van der Waals surface area contributed by atoms with Crippen LogP contribution in [0.2, 0.25) is 0 Å². The first kappa shape index (κ1) is 16.9. The standard InChI is InChI=1S/C22H14N4S2/c1-3-8-15(9-4-1)19-23-21(27-25-19)17-12-7-13-18(14-17)22-24-20(26-28-22)16-10-5-2-6-11-16/h1-14H. The maximum Gasteiger partial charge on any atom is 0.173 e. The lowest BCUT2D eigenvalue weighted by atomic mass is 10.1. The Hall–Kier alpha value is -3.22. The Morgan fingerprint density at radius 1 is 0.464 bits per heavy atom. The second-order valence-corrected chi connectivity index (χ2v) is 7.66. The van der Waals surface area contributed by atoms with Crippen molar-refractivity contribution in [3.05, 3.63) is 84.9 Å². The Morgan fingerprint density at radius 3 is 1.36 bits per heavy atom. The predicted octanol–water partition coefficient (Wildman–Crippen LogP) is 6.06. The van der Waals surface area contributed by atoms with Crippen LogP contribution < -0.4 is 0 Å². The Labute approximate surface area is 170 Å². The third kappa shape index (κ3) is 3.35. The fourth-order valence-corrected chi connectivity index (χ4v) is 4.23. The van der Waals surface area contributed by atoms with E-state index in [9.17, 15) is 0 Å². The van der Waals surface area contributed by atoms with Crippen LogP contribution in [0.4, 0.5) is 0 Å². The first-order valence-electron chi connectivity index (χ1n) is 8.76. The summed E-state index contributed by atoms with van der Waals surface area (Å²) in [6.45, 7) is 0. The van der Waals surface area contributed by atoms with Crippen molar-refractivity contribution in [3.63, 3.8) is 0 Å². The molecular weight excluding hydrogens is 384 g/mol. The van der Waals surface area contributed by atoms with Crippen LogP contribution in [0, 0.1) is 0 Å². The summed E-state index contributed by atoms with van der Waals surface area (Å²) in [5, 5.41) is 1.79. The zero-order valence-electron chi connectivity index (χ0n) is 14.7. The first-order chi connectivity index (χ1) is 13.9. The van der Waals surface area contributed by atoms with Gasteiger partial charge in [-0.2, -0.15) is 8.75 Å². The Morgan fingerprint density at radius 2 is 0.893 bits per heavy atom. The molecular formula is C22H14N4S2. The van der Waals surface area contributed by atoms with Gasteiger partial charge in [0, 0.05) is 22.3 Å². The van der Waals surface area contributed by atoms with E-state index in [1.165, 1.54) is 23.1 Å². The van der Waals surface area contributed by atoms with Crippen LogP contribution >= 0.6 is 23.1 Å². The molecule has 5 rings (SSSR count). The maximum atomic E-state index is 4.71. The van der Waals surface area contributed by atoms with E-state index < -0.39 is 0 Å². The van der Waals surface area contributed by atoms with E-state index >= 15 is 0 Å². The molecule has 4 nitrogen and oxygen atoms in total. The molecule has 0 saturated heterocycles. The fraction of sp³-hybridized carbons (Fsp3) is 0. The molecule has 2 aromatic heterocycles. The van der Waals surface area contributed by atoms with Crippen molar-refractivity contribution in [2.75, 3.05) is 0 Å². The van der Waals surface area contributed by atoms with Crippen LogP contribution in [0.5, 0.6) is 0 Å². The van der Waals surface area contributed by atoms with Crippen molar-refractivity contribution in [1.29, 1.82) is 0 Å². The number of hydrogen-bond acceptors (Lipinski definition) is 6. The SMILES string of the molecule is c1ccc(-c2nsc(-c3cccc(-c4nc(-c5ccccc5)ns4)c3)n2)cc1. The third-order valence-electron chi connectivity index (χ3n) is 4.27. The minimum atomic E-state index is 0.758. The molecule has 0 amide bonds. The highest BCUT2D eigenvalue weighted by molar-refractivity contribution is 7.09. The molecule has 6 heteroatoms. The highest BCUT2D eigenvalue weighted by Gasteiger charge is 2.12. The van der Waals surface area contributed by atoms with Gasteiger partial charge in [-0.25, -0.2) is 9.97 Å². The molecule has 28 heavy (non-hydrogen) atoms. The van der Waals surface area contributed by atoms with Gasteiger partial charge in [-0.05, 0) is 29.1 Å². The van der Waals surface area contributed by atoms with Gasteiger partial charge in [-0.1, -0.05) is 78.9 Å². The van der Waals surface area contributed by atoms with E-state index in [1.54, 1.807) is 0 Å². The lowest BCUT2D eigenvalue weighted by Gasteiger charge is -1.99. The Kier molecular flexibility index (Phi) is 4.48. The second kappa shape index (κ2) is 7.42. The molecule has 2 heterocycles. The Balaban J connectivity index is 1.46. The minimum Gasteiger partial charge on any atom is -0.215 e. The highest BCUT2D eigenvalue weighted by atomic mass is 32.1. The first-order valence-corrected chi connectivity index (χ1v) is 10.3. The smallest absolute Gasteiger partial charge is 0.173 e. The van der Waals surface area contributed by atoms with Crippen molar-refractivity contribution in [1.82, 2.24) is 18.7 Å². The monoisotopic (exact) mass is 398 g/mol. The molecule has 0 aliphatic rings. The number of benzene rings is 3. The van der Waals surface area contributed by atoms with Crippen molar-refractivity contribution < 1.29 is 0 Å². The van der Waals surface area contributed by atoms with Crippen LogP contribution in [0.1, 0.15) is 0 Å². The van der Waals surface area contributed by atoms with Crippen molar-refractivity contribution >= 4 is 23.1 Å². The normalized spacial score (nSPS) is 10.9. The van der Waals surface area contributed by atoms with Crippen LogP contribution in [-0.2, 0) is 0 Å². The fourth-order valence-electron chi connectivity index (χ4n) is 2.88. The summed E-state index contributed by atoms with van der Waals surface area (Å²) in [4.78, 5) is 9.43. The zero-order valence-corrected chi connectivity index (χ0v) is 16.3. The van der Waals surface area contributed by atoms with Gasteiger partial charge in [-0.3, -0.25) is 0 Å². The maximum absolute atomic E-state index is 4.71. The third-order valence-corrected chi connectivity index (χ3v) is 5.80. The number of hydrogen-bond donors (Lipinski definition) is 0. The molecule has 0 aliphatic carbocycles. The minimum absolute atomic E-state index is 0.758. The second-order valence-electron chi connectivity index (χ2n) is 6.16. The van der Waals surface area contributed by atoms with Crippen LogP contribution in [-0.4, -0.2) is 18.7 Å². The molecule has 0 fully saturated rings. The van der Waals surface area contributed by atoms with Gasteiger partial charge in [0.2, 0.25) is 0 Å².